The zero-order chi connectivity index (χ0) is 14.7. The third-order valence-electron chi connectivity index (χ3n) is 3.03. The van der Waals surface area contributed by atoms with Gasteiger partial charge in [0.2, 0.25) is 0 Å². The molecule has 2 aromatic heterocycles. The van der Waals surface area contributed by atoms with Crippen LogP contribution in [-0.4, -0.2) is 22.3 Å². The summed E-state index contributed by atoms with van der Waals surface area (Å²) < 4.78 is 7.04. The summed E-state index contributed by atoms with van der Waals surface area (Å²) in [7, 11) is 1.80. The highest BCUT2D eigenvalue weighted by Crippen LogP contribution is 2.26. The van der Waals surface area contributed by atoms with Gasteiger partial charge in [0.25, 0.3) is 11.8 Å². The van der Waals surface area contributed by atoms with E-state index in [1.165, 1.54) is 4.88 Å². The van der Waals surface area contributed by atoms with Crippen LogP contribution in [0, 0.1) is 6.92 Å². The molecule has 0 saturated carbocycles. The lowest BCUT2D eigenvalue weighted by Gasteiger charge is -2.06. The molecule has 0 spiro atoms. The molecule has 0 aromatic carbocycles. The van der Waals surface area contributed by atoms with Crippen molar-refractivity contribution < 1.29 is 9.53 Å². The number of hydrogen-bond donors (Lipinski definition) is 1. The van der Waals surface area contributed by atoms with Gasteiger partial charge in [0.1, 0.15) is 5.69 Å². The zero-order valence-electron chi connectivity index (χ0n) is 12.2. The second kappa shape index (κ2) is 6.09. The van der Waals surface area contributed by atoms with E-state index in [1.54, 1.807) is 29.3 Å². The summed E-state index contributed by atoms with van der Waals surface area (Å²) in [5.41, 5.74) is 2.45. The van der Waals surface area contributed by atoms with Crippen LogP contribution in [0.3, 0.4) is 0 Å². The van der Waals surface area contributed by atoms with E-state index >= 15 is 0 Å². The molecule has 0 aliphatic carbocycles. The number of aryl methyl sites for hydroxylation is 2. The van der Waals surface area contributed by atoms with E-state index in [4.69, 9.17) is 4.74 Å². The summed E-state index contributed by atoms with van der Waals surface area (Å²) in [4.78, 5) is 13.6. The smallest absolute Gasteiger partial charge is 0.256 e. The lowest BCUT2D eigenvalue weighted by atomic mass is 10.1. The highest BCUT2D eigenvalue weighted by Gasteiger charge is 2.17. The molecule has 0 radical (unpaired) electrons. The number of hydrogen-bond acceptors (Lipinski definition) is 4. The molecular weight excluding hydrogens is 274 g/mol. The van der Waals surface area contributed by atoms with Crippen molar-refractivity contribution in [1.82, 2.24) is 9.78 Å². The van der Waals surface area contributed by atoms with E-state index in [-0.39, 0.29) is 5.91 Å². The van der Waals surface area contributed by atoms with Gasteiger partial charge in [0.15, 0.2) is 0 Å². The normalized spacial score (nSPS) is 10.6. The monoisotopic (exact) mass is 293 g/mol. The van der Waals surface area contributed by atoms with E-state index in [0.717, 1.165) is 17.5 Å². The number of carbonyl (C=O) groups is 1. The lowest BCUT2D eigenvalue weighted by Crippen LogP contribution is -2.13. The number of anilines is 1. The predicted octanol–water partition coefficient (Wildman–Crippen LogP) is 3.00. The zero-order valence-corrected chi connectivity index (χ0v) is 13.0. The molecule has 0 saturated heterocycles. The van der Waals surface area contributed by atoms with Crippen LogP contribution < -0.4 is 10.1 Å². The van der Waals surface area contributed by atoms with Gasteiger partial charge in [-0.05, 0) is 25.8 Å². The molecule has 1 N–H and O–H groups in total. The second-order valence-electron chi connectivity index (χ2n) is 4.45. The molecule has 0 unspecified atom stereocenters. The summed E-state index contributed by atoms with van der Waals surface area (Å²) in [6.07, 6.45) is 2.59. The first-order chi connectivity index (χ1) is 9.56. The SMILES string of the molecule is CCOc1nn(C)cc1NC(=O)c1csc(C)c1CC. The summed E-state index contributed by atoms with van der Waals surface area (Å²) >= 11 is 1.60. The lowest BCUT2D eigenvalue weighted by molar-refractivity contribution is 0.102. The minimum Gasteiger partial charge on any atom is -0.475 e. The molecule has 2 rings (SSSR count). The van der Waals surface area contributed by atoms with Gasteiger partial charge in [-0.3, -0.25) is 9.48 Å². The Balaban J connectivity index is 2.23. The van der Waals surface area contributed by atoms with Gasteiger partial charge in [0, 0.05) is 17.3 Å². The Morgan fingerprint density at radius 1 is 1.50 bits per heavy atom. The molecule has 2 aromatic rings. The first-order valence-corrected chi connectivity index (χ1v) is 7.49. The molecule has 0 bridgehead atoms. The molecule has 20 heavy (non-hydrogen) atoms. The minimum atomic E-state index is -0.111. The van der Waals surface area contributed by atoms with Crippen LogP contribution in [-0.2, 0) is 13.5 Å². The van der Waals surface area contributed by atoms with Crippen LogP contribution in [0.25, 0.3) is 0 Å². The highest BCUT2D eigenvalue weighted by atomic mass is 32.1. The Kier molecular flexibility index (Phi) is 4.44. The number of aromatic nitrogens is 2. The first-order valence-electron chi connectivity index (χ1n) is 6.61. The fourth-order valence-electron chi connectivity index (χ4n) is 2.10. The van der Waals surface area contributed by atoms with Crippen LogP contribution in [0.1, 0.15) is 34.6 Å². The van der Waals surface area contributed by atoms with Crippen molar-refractivity contribution in [2.24, 2.45) is 7.05 Å². The van der Waals surface area contributed by atoms with Crippen molar-refractivity contribution in [2.75, 3.05) is 11.9 Å². The summed E-state index contributed by atoms with van der Waals surface area (Å²) in [5.74, 6) is 0.341. The third-order valence-corrected chi connectivity index (χ3v) is 3.98. The third kappa shape index (κ3) is 2.85. The van der Waals surface area contributed by atoms with Crippen molar-refractivity contribution in [3.05, 3.63) is 27.6 Å². The second-order valence-corrected chi connectivity index (χ2v) is 5.53. The molecule has 0 aliphatic rings. The van der Waals surface area contributed by atoms with Crippen LogP contribution >= 0.6 is 11.3 Å². The van der Waals surface area contributed by atoms with Gasteiger partial charge in [-0.2, -0.15) is 0 Å². The van der Waals surface area contributed by atoms with Crippen LogP contribution in [0.4, 0.5) is 5.69 Å². The van der Waals surface area contributed by atoms with E-state index in [1.807, 2.05) is 19.2 Å². The van der Waals surface area contributed by atoms with Gasteiger partial charge >= 0.3 is 0 Å². The number of carbonyl (C=O) groups excluding carboxylic acids is 1. The van der Waals surface area contributed by atoms with Crippen LogP contribution in [0.5, 0.6) is 5.88 Å². The summed E-state index contributed by atoms with van der Waals surface area (Å²) in [6, 6.07) is 0. The van der Waals surface area contributed by atoms with Crippen molar-refractivity contribution in [1.29, 1.82) is 0 Å². The molecule has 6 heteroatoms. The fraction of sp³-hybridized carbons (Fsp3) is 0.429. The predicted molar refractivity (Wildman–Crippen MR) is 80.8 cm³/mol. The number of amides is 1. The minimum absolute atomic E-state index is 0.111. The number of rotatable bonds is 5. The Hall–Kier alpha value is -1.82. The van der Waals surface area contributed by atoms with E-state index in [9.17, 15) is 4.79 Å². The Bertz CT molecular complexity index is 616. The molecule has 5 nitrogen and oxygen atoms in total. The van der Waals surface area contributed by atoms with E-state index in [0.29, 0.717) is 18.2 Å². The number of ether oxygens (including phenoxy) is 1. The fourth-order valence-corrected chi connectivity index (χ4v) is 3.04. The van der Waals surface area contributed by atoms with Gasteiger partial charge < -0.3 is 10.1 Å². The molecule has 2 heterocycles. The van der Waals surface area contributed by atoms with Gasteiger partial charge in [-0.1, -0.05) is 6.92 Å². The maximum absolute atomic E-state index is 12.4. The molecular formula is C14H19N3O2S. The van der Waals surface area contributed by atoms with Gasteiger partial charge in [-0.15, -0.1) is 16.4 Å². The molecule has 0 atom stereocenters. The Morgan fingerprint density at radius 2 is 2.25 bits per heavy atom. The standard InChI is InChI=1S/C14H19N3O2S/c1-5-10-9(3)20-8-11(10)13(18)15-12-7-17(4)16-14(12)19-6-2/h7-8H,5-6H2,1-4H3,(H,15,18). The Labute approximate surface area is 122 Å². The number of thiophene rings is 1. The van der Waals surface area contributed by atoms with Crippen LogP contribution in [0.2, 0.25) is 0 Å². The molecule has 108 valence electrons. The Morgan fingerprint density at radius 3 is 2.90 bits per heavy atom. The average Bonchev–Trinajstić information content (AvgIpc) is 2.93. The maximum atomic E-state index is 12.4. The molecule has 1 amide bonds. The molecule has 0 aliphatic heterocycles. The van der Waals surface area contributed by atoms with Crippen molar-refractivity contribution in [2.45, 2.75) is 27.2 Å². The summed E-state index contributed by atoms with van der Waals surface area (Å²) in [6.45, 7) is 6.49. The largest absolute Gasteiger partial charge is 0.475 e. The summed E-state index contributed by atoms with van der Waals surface area (Å²) in [5, 5.41) is 8.96. The maximum Gasteiger partial charge on any atom is 0.256 e. The van der Waals surface area contributed by atoms with Gasteiger partial charge in [0.05, 0.1) is 18.4 Å². The quantitative estimate of drug-likeness (QED) is 0.922. The first kappa shape index (κ1) is 14.6. The van der Waals surface area contributed by atoms with E-state index < -0.39 is 0 Å². The molecule has 0 fully saturated rings. The van der Waals surface area contributed by atoms with Crippen molar-refractivity contribution >= 4 is 22.9 Å². The van der Waals surface area contributed by atoms with Crippen molar-refractivity contribution in [3.8, 4) is 5.88 Å². The van der Waals surface area contributed by atoms with Crippen LogP contribution in [0.15, 0.2) is 11.6 Å². The number of nitrogens with zero attached hydrogens (tertiary/aromatic N) is 2. The van der Waals surface area contributed by atoms with Crippen molar-refractivity contribution in [3.63, 3.8) is 0 Å². The topological polar surface area (TPSA) is 56.1 Å². The van der Waals surface area contributed by atoms with E-state index in [2.05, 4.69) is 17.3 Å². The highest BCUT2D eigenvalue weighted by molar-refractivity contribution is 7.10. The number of nitrogens with one attached hydrogen (secondary N) is 1. The van der Waals surface area contributed by atoms with Gasteiger partial charge in [-0.25, -0.2) is 0 Å². The average molecular weight is 293 g/mol.